The Bertz CT molecular complexity index is 515. The van der Waals surface area contributed by atoms with Crippen LogP contribution in [0, 0.1) is 0 Å². The fraction of sp³-hybridized carbons (Fsp3) is 0.300. The molecule has 0 bridgehead atoms. The number of aromatic amines is 1. The van der Waals surface area contributed by atoms with Gasteiger partial charge >= 0.3 is 0 Å². The summed E-state index contributed by atoms with van der Waals surface area (Å²) in [4.78, 5) is 15.4. The molecule has 0 unspecified atom stereocenters. The number of nitrogens with zero attached hydrogens (tertiary/aromatic N) is 2. The van der Waals surface area contributed by atoms with Crippen LogP contribution in [0.1, 0.15) is 35.9 Å². The molecule has 0 saturated carbocycles. The first-order chi connectivity index (χ1) is 7.09. The maximum atomic E-state index is 11.1. The van der Waals surface area contributed by atoms with Gasteiger partial charge < -0.3 is 5.73 Å². The van der Waals surface area contributed by atoms with Crippen LogP contribution in [0.5, 0.6) is 0 Å². The summed E-state index contributed by atoms with van der Waals surface area (Å²) >= 11 is 0. The van der Waals surface area contributed by atoms with Crippen LogP contribution < -0.4 is 5.73 Å². The van der Waals surface area contributed by atoms with Crippen molar-refractivity contribution in [1.29, 1.82) is 0 Å². The first-order valence-corrected chi connectivity index (χ1v) is 4.74. The van der Waals surface area contributed by atoms with Gasteiger partial charge in [0.2, 0.25) is 0 Å². The second-order valence-corrected chi connectivity index (χ2v) is 3.72. The Hall–Kier alpha value is -1.91. The zero-order valence-corrected chi connectivity index (χ0v) is 8.61. The molecule has 15 heavy (non-hydrogen) atoms. The van der Waals surface area contributed by atoms with Gasteiger partial charge in [0.25, 0.3) is 5.91 Å². The second-order valence-electron chi connectivity index (χ2n) is 3.72. The van der Waals surface area contributed by atoms with Crippen LogP contribution in [-0.4, -0.2) is 21.1 Å². The fourth-order valence-electron chi connectivity index (χ4n) is 1.41. The van der Waals surface area contributed by atoms with Gasteiger partial charge in [0, 0.05) is 5.69 Å². The van der Waals surface area contributed by atoms with Crippen molar-refractivity contribution >= 4 is 16.9 Å². The topological polar surface area (TPSA) is 84.7 Å². The van der Waals surface area contributed by atoms with Crippen molar-refractivity contribution in [3.8, 4) is 0 Å². The average Bonchev–Trinajstić information content (AvgIpc) is 2.59. The van der Waals surface area contributed by atoms with E-state index in [2.05, 4.69) is 15.2 Å². The molecule has 2 aromatic heterocycles. The molecular formula is C10H12N4O. The van der Waals surface area contributed by atoms with Crippen LogP contribution in [0.2, 0.25) is 0 Å². The lowest BCUT2D eigenvalue weighted by molar-refractivity contribution is 0.0997. The maximum absolute atomic E-state index is 11.1. The summed E-state index contributed by atoms with van der Waals surface area (Å²) in [6, 6.07) is 3.77. The highest BCUT2D eigenvalue weighted by Crippen LogP contribution is 2.18. The predicted molar refractivity (Wildman–Crippen MR) is 56.5 cm³/mol. The standard InChI is InChI=1S/C10H12N4O/c1-5(2)6-3-4-7-8(12-6)9(10(11)15)14-13-7/h3-5H,1-2H3,(H2,11,15)(H,13,14). The Labute approximate surface area is 86.7 Å². The van der Waals surface area contributed by atoms with E-state index in [4.69, 9.17) is 5.73 Å². The highest BCUT2D eigenvalue weighted by atomic mass is 16.1. The van der Waals surface area contributed by atoms with Crippen molar-refractivity contribution in [2.45, 2.75) is 19.8 Å². The normalized spacial score (nSPS) is 11.1. The molecule has 0 aliphatic rings. The van der Waals surface area contributed by atoms with Crippen molar-refractivity contribution < 1.29 is 4.79 Å². The minimum absolute atomic E-state index is 0.201. The number of fused-ring (bicyclic) bond motifs is 1. The third kappa shape index (κ3) is 1.56. The molecule has 3 N–H and O–H groups in total. The summed E-state index contributed by atoms with van der Waals surface area (Å²) in [6.45, 7) is 4.08. The van der Waals surface area contributed by atoms with Gasteiger partial charge in [-0.2, -0.15) is 5.10 Å². The van der Waals surface area contributed by atoms with Crippen LogP contribution in [0.15, 0.2) is 12.1 Å². The van der Waals surface area contributed by atoms with Crippen LogP contribution >= 0.6 is 0 Å². The van der Waals surface area contributed by atoms with Crippen molar-refractivity contribution in [1.82, 2.24) is 15.2 Å². The summed E-state index contributed by atoms with van der Waals surface area (Å²) in [5.74, 6) is -0.250. The summed E-state index contributed by atoms with van der Waals surface area (Å²) in [7, 11) is 0. The number of nitrogens with one attached hydrogen (secondary N) is 1. The van der Waals surface area contributed by atoms with Gasteiger partial charge in [-0.3, -0.25) is 9.89 Å². The van der Waals surface area contributed by atoms with Gasteiger partial charge in [-0.25, -0.2) is 4.98 Å². The number of hydrogen-bond donors (Lipinski definition) is 2. The van der Waals surface area contributed by atoms with Crippen LogP contribution in [0.4, 0.5) is 0 Å². The van der Waals surface area contributed by atoms with Crippen molar-refractivity contribution in [3.05, 3.63) is 23.5 Å². The third-order valence-electron chi connectivity index (χ3n) is 2.25. The highest BCUT2D eigenvalue weighted by Gasteiger charge is 2.13. The molecule has 2 rings (SSSR count). The SMILES string of the molecule is CC(C)c1ccc2[nH]nc(C(N)=O)c2n1. The Morgan fingerprint density at radius 3 is 2.80 bits per heavy atom. The zero-order chi connectivity index (χ0) is 11.0. The van der Waals surface area contributed by atoms with Gasteiger partial charge in [0.05, 0.1) is 5.52 Å². The Balaban J connectivity index is 2.66. The van der Waals surface area contributed by atoms with Crippen LogP contribution in [0.3, 0.4) is 0 Å². The van der Waals surface area contributed by atoms with E-state index in [0.717, 1.165) is 11.2 Å². The van der Waals surface area contributed by atoms with Crippen LogP contribution in [-0.2, 0) is 0 Å². The number of H-pyrrole nitrogens is 1. The van der Waals surface area contributed by atoms with E-state index in [9.17, 15) is 4.79 Å². The number of carbonyl (C=O) groups excluding carboxylic acids is 1. The Morgan fingerprint density at radius 1 is 1.47 bits per heavy atom. The molecule has 0 atom stereocenters. The van der Waals surface area contributed by atoms with E-state index in [0.29, 0.717) is 11.4 Å². The van der Waals surface area contributed by atoms with Crippen molar-refractivity contribution in [3.63, 3.8) is 0 Å². The molecule has 0 fully saturated rings. The fourth-order valence-corrected chi connectivity index (χ4v) is 1.41. The minimum atomic E-state index is -0.561. The zero-order valence-electron chi connectivity index (χ0n) is 8.61. The summed E-state index contributed by atoms with van der Waals surface area (Å²) in [5, 5.41) is 6.56. The monoisotopic (exact) mass is 204 g/mol. The number of amides is 1. The molecule has 0 aliphatic carbocycles. The lowest BCUT2D eigenvalue weighted by Gasteiger charge is -2.03. The minimum Gasteiger partial charge on any atom is -0.364 e. The first kappa shape index (κ1) is 9.64. The lowest BCUT2D eigenvalue weighted by atomic mass is 10.1. The van der Waals surface area contributed by atoms with E-state index in [-0.39, 0.29) is 5.69 Å². The van der Waals surface area contributed by atoms with Gasteiger partial charge in [-0.15, -0.1) is 0 Å². The smallest absolute Gasteiger partial charge is 0.271 e. The number of nitrogens with two attached hydrogens (primary N) is 1. The van der Waals surface area contributed by atoms with Crippen LogP contribution in [0.25, 0.3) is 11.0 Å². The van der Waals surface area contributed by atoms with Gasteiger partial charge in [0.1, 0.15) is 5.52 Å². The molecule has 78 valence electrons. The Morgan fingerprint density at radius 2 is 2.20 bits per heavy atom. The molecule has 0 saturated heterocycles. The van der Waals surface area contributed by atoms with E-state index in [1.807, 2.05) is 26.0 Å². The Kier molecular flexibility index (Phi) is 2.15. The molecule has 5 nitrogen and oxygen atoms in total. The quantitative estimate of drug-likeness (QED) is 0.770. The van der Waals surface area contributed by atoms with Crippen molar-refractivity contribution in [2.24, 2.45) is 5.73 Å². The van der Waals surface area contributed by atoms with E-state index in [1.165, 1.54) is 0 Å². The summed E-state index contributed by atoms with van der Waals surface area (Å²) < 4.78 is 0. The molecule has 1 amide bonds. The van der Waals surface area contributed by atoms with E-state index >= 15 is 0 Å². The predicted octanol–water partition coefficient (Wildman–Crippen LogP) is 1.18. The first-order valence-electron chi connectivity index (χ1n) is 4.74. The van der Waals surface area contributed by atoms with Gasteiger partial charge in [-0.05, 0) is 18.1 Å². The van der Waals surface area contributed by atoms with Crippen molar-refractivity contribution in [2.75, 3.05) is 0 Å². The number of primary amides is 1. The summed E-state index contributed by atoms with van der Waals surface area (Å²) in [6.07, 6.45) is 0. The molecule has 2 heterocycles. The summed E-state index contributed by atoms with van der Waals surface area (Å²) in [5.41, 5.74) is 7.59. The molecule has 0 aliphatic heterocycles. The third-order valence-corrected chi connectivity index (χ3v) is 2.25. The molecular weight excluding hydrogens is 192 g/mol. The van der Waals surface area contributed by atoms with Gasteiger partial charge in [-0.1, -0.05) is 13.8 Å². The molecule has 2 aromatic rings. The van der Waals surface area contributed by atoms with E-state index < -0.39 is 5.91 Å². The molecule has 0 spiro atoms. The largest absolute Gasteiger partial charge is 0.364 e. The van der Waals surface area contributed by atoms with E-state index in [1.54, 1.807) is 0 Å². The number of rotatable bonds is 2. The second kappa shape index (κ2) is 3.34. The lowest BCUT2D eigenvalue weighted by Crippen LogP contribution is -2.12. The number of hydrogen-bond acceptors (Lipinski definition) is 3. The van der Waals surface area contributed by atoms with Gasteiger partial charge in [0.15, 0.2) is 5.69 Å². The highest BCUT2D eigenvalue weighted by molar-refractivity contribution is 6.02. The molecule has 0 radical (unpaired) electrons. The number of pyridine rings is 1. The number of carbonyl (C=O) groups is 1. The molecule has 0 aromatic carbocycles. The maximum Gasteiger partial charge on any atom is 0.271 e. The molecule has 5 heteroatoms. The number of aromatic nitrogens is 3. The average molecular weight is 204 g/mol.